The standard InChI is InChI=1S/C21H15IN2/c22-15-9-11-16(12-10-15)24-20-8-4-1-5-14(20)13-19-21(24)17-6-2-3-7-18(17)23-19/h1-12,23H,13H2. The molecule has 3 heteroatoms. The van der Waals surface area contributed by atoms with Crippen molar-refractivity contribution < 1.29 is 0 Å². The SMILES string of the molecule is Ic1ccc(N2c3ccccc3Cc3[nH]c4ccccc4c32)cc1. The largest absolute Gasteiger partial charge is 0.356 e. The van der Waals surface area contributed by atoms with Crippen molar-refractivity contribution in [3.63, 3.8) is 0 Å². The van der Waals surface area contributed by atoms with Crippen molar-refractivity contribution in [2.24, 2.45) is 0 Å². The molecule has 0 bridgehead atoms. The molecule has 0 fully saturated rings. The van der Waals surface area contributed by atoms with E-state index in [-0.39, 0.29) is 0 Å². The van der Waals surface area contributed by atoms with Gasteiger partial charge in [-0.2, -0.15) is 0 Å². The first-order chi connectivity index (χ1) is 11.8. The predicted octanol–water partition coefficient (Wildman–Crippen LogP) is 6.15. The average molecular weight is 422 g/mol. The first kappa shape index (κ1) is 14.1. The van der Waals surface area contributed by atoms with E-state index in [0.29, 0.717) is 0 Å². The number of anilines is 3. The molecule has 0 aliphatic carbocycles. The molecule has 0 amide bonds. The van der Waals surface area contributed by atoms with Crippen LogP contribution in [0.3, 0.4) is 0 Å². The third-order valence-corrected chi connectivity index (χ3v) is 5.38. The number of nitrogens with one attached hydrogen (secondary N) is 1. The Morgan fingerprint density at radius 1 is 0.833 bits per heavy atom. The Morgan fingerprint density at radius 3 is 2.46 bits per heavy atom. The minimum Gasteiger partial charge on any atom is -0.356 e. The van der Waals surface area contributed by atoms with Crippen LogP contribution in [0.5, 0.6) is 0 Å². The molecule has 1 aliphatic rings. The van der Waals surface area contributed by atoms with Crippen LogP contribution in [0.15, 0.2) is 72.8 Å². The van der Waals surface area contributed by atoms with Crippen LogP contribution >= 0.6 is 22.6 Å². The lowest BCUT2D eigenvalue weighted by Crippen LogP contribution is -2.17. The lowest BCUT2D eigenvalue weighted by Gasteiger charge is -2.32. The molecule has 0 unspecified atom stereocenters. The Balaban J connectivity index is 1.83. The van der Waals surface area contributed by atoms with Crippen molar-refractivity contribution in [1.29, 1.82) is 0 Å². The Morgan fingerprint density at radius 2 is 1.58 bits per heavy atom. The second-order valence-corrected chi connectivity index (χ2v) is 7.36. The highest BCUT2D eigenvalue weighted by molar-refractivity contribution is 14.1. The Kier molecular flexibility index (Phi) is 3.16. The summed E-state index contributed by atoms with van der Waals surface area (Å²) >= 11 is 2.36. The zero-order valence-corrected chi connectivity index (χ0v) is 15.1. The topological polar surface area (TPSA) is 19.0 Å². The fraction of sp³-hybridized carbons (Fsp3) is 0.0476. The van der Waals surface area contributed by atoms with Crippen LogP contribution in [0.1, 0.15) is 11.3 Å². The van der Waals surface area contributed by atoms with Crippen LogP contribution in [0.25, 0.3) is 10.9 Å². The van der Waals surface area contributed by atoms with E-state index in [1.807, 2.05) is 0 Å². The summed E-state index contributed by atoms with van der Waals surface area (Å²) in [5.74, 6) is 0. The van der Waals surface area contributed by atoms with Crippen LogP contribution in [0.2, 0.25) is 0 Å². The molecule has 3 aromatic carbocycles. The maximum Gasteiger partial charge on any atom is 0.0751 e. The van der Waals surface area contributed by atoms with E-state index in [1.165, 1.54) is 42.8 Å². The first-order valence-electron chi connectivity index (χ1n) is 8.04. The molecule has 1 N–H and O–H groups in total. The van der Waals surface area contributed by atoms with E-state index in [9.17, 15) is 0 Å². The molecule has 0 atom stereocenters. The number of hydrogen-bond acceptors (Lipinski definition) is 1. The van der Waals surface area contributed by atoms with Crippen LogP contribution in [-0.2, 0) is 6.42 Å². The van der Waals surface area contributed by atoms with Gasteiger partial charge in [-0.05, 0) is 64.6 Å². The number of aromatic amines is 1. The molecule has 0 radical (unpaired) electrons. The van der Waals surface area contributed by atoms with E-state index in [1.54, 1.807) is 0 Å². The number of aromatic nitrogens is 1. The van der Waals surface area contributed by atoms with Gasteiger partial charge in [0.2, 0.25) is 0 Å². The van der Waals surface area contributed by atoms with Crippen molar-refractivity contribution in [3.05, 3.63) is 87.6 Å². The molecule has 0 saturated carbocycles. The molecule has 1 aromatic heterocycles. The van der Waals surface area contributed by atoms with Crippen molar-refractivity contribution in [1.82, 2.24) is 4.98 Å². The van der Waals surface area contributed by atoms with E-state index in [0.717, 1.165) is 6.42 Å². The summed E-state index contributed by atoms with van der Waals surface area (Å²) in [5, 5.41) is 1.28. The van der Waals surface area contributed by atoms with Gasteiger partial charge in [0.05, 0.1) is 5.69 Å². The van der Waals surface area contributed by atoms with Crippen LogP contribution in [-0.4, -0.2) is 4.98 Å². The normalized spacial score (nSPS) is 13.0. The first-order valence-corrected chi connectivity index (χ1v) is 9.12. The second-order valence-electron chi connectivity index (χ2n) is 6.12. The number of halogens is 1. The molecule has 0 saturated heterocycles. The van der Waals surface area contributed by atoms with Gasteiger partial charge < -0.3 is 9.88 Å². The number of rotatable bonds is 1. The number of fused-ring (bicyclic) bond motifs is 4. The molecule has 2 heterocycles. The van der Waals surface area contributed by atoms with Crippen LogP contribution in [0.4, 0.5) is 17.1 Å². The minimum absolute atomic E-state index is 0.945. The monoisotopic (exact) mass is 422 g/mol. The summed E-state index contributed by atoms with van der Waals surface area (Å²) in [5.41, 5.74) is 7.60. The van der Waals surface area contributed by atoms with Crippen molar-refractivity contribution in [3.8, 4) is 0 Å². The summed E-state index contributed by atoms with van der Waals surface area (Å²) < 4.78 is 1.25. The Labute approximate surface area is 154 Å². The van der Waals surface area contributed by atoms with Crippen molar-refractivity contribution in [2.45, 2.75) is 6.42 Å². The van der Waals surface area contributed by atoms with Gasteiger partial charge in [0, 0.05) is 38.0 Å². The lowest BCUT2D eigenvalue weighted by atomic mass is 9.99. The highest BCUT2D eigenvalue weighted by Crippen LogP contribution is 2.47. The fourth-order valence-corrected chi connectivity index (χ4v) is 3.97. The smallest absolute Gasteiger partial charge is 0.0751 e. The summed E-state index contributed by atoms with van der Waals surface area (Å²) in [6, 6.07) is 26.0. The summed E-state index contributed by atoms with van der Waals surface area (Å²) in [6.07, 6.45) is 0.945. The van der Waals surface area contributed by atoms with E-state index in [2.05, 4.69) is 105 Å². The van der Waals surface area contributed by atoms with Crippen molar-refractivity contribution in [2.75, 3.05) is 4.90 Å². The molecule has 2 nitrogen and oxygen atoms in total. The van der Waals surface area contributed by atoms with E-state index < -0.39 is 0 Å². The van der Waals surface area contributed by atoms with Crippen LogP contribution < -0.4 is 4.90 Å². The molecule has 0 spiro atoms. The Hall–Kier alpha value is -2.27. The molecule has 24 heavy (non-hydrogen) atoms. The number of hydrogen-bond donors (Lipinski definition) is 1. The summed E-state index contributed by atoms with van der Waals surface area (Å²) in [6.45, 7) is 0. The van der Waals surface area contributed by atoms with Gasteiger partial charge in [-0.1, -0.05) is 36.4 Å². The maximum absolute atomic E-state index is 3.62. The minimum atomic E-state index is 0.945. The van der Waals surface area contributed by atoms with Gasteiger partial charge in [-0.15, -0.1) is 0 Å². The highest BCUT2D eigenvalue weighted by Gasteiger charge is 2.27. The van der Waals surface area contributed by atoms with Crippen LogP contribution in [0, 0.1) is 3.57 Å². The molecular formula is C21H15IN2. The zero-order chi connectivity index (χ0) is 16.1. The van der Waals surface area contributed by atoms with E-state index in [4.69, 9.17) is 0 Å². The molecule has 4 aromatic rings. The Bertz CT molecular complexity index is 1050. The van der Waals surface area contributed by atoms with Gasteiger partial charge in [-0.25, -0.2) is 0 Å². The average Bonchev–Trinajstić information content (AvgIpc) is 2.98. The molecule has 116 valence electrons. The van der Waals surface area contributed by atoms with Gasteiger partial charge in [0.25, 0.3) is 0 Å². The zero-order valence-electron chi connectivity index (χ0n) is 13.0. The summed E-state index contributed by atoms with van der Waals surface area (Å²) in [7, 11) is 0. The van der Waals surface area contributed by atoms with Gasteiger partial charge in [-0.3, -0.25) is 0 Å². The van der Waals surface area contributed by atoms with Gasteiger partial charge in [0.1, 0.15) is 0 Å². The third-order valence-electron chi connectivity index (χ3n) is 4.66. The highest BCUT2D eigenvalue weighted by atomic mass is 127. The number of benzene rings is 3. The molecule has 1 aliphatic heterocycles. The van der Waals surface area contributed by atoms with E-state index >= 15 is 0 Å². The molecule has 5 rings (SSSR count). The molecular weight excluding hydrogens is 407 g/mol. The quantitative estimate of drug-likeness (QED) is 0.321. The number of nitrogens with zero attached hydrogens (tertiary/aromatic N) is 1. The van der Waals surface area contributed by atoms with Gasteiger partial charge in [0.15, 0.2) is 0 Å². The van der Waals surface area contributed by atoms with Gasteiger partial charge >= 0.3 is 0 Å². The number of H-pyrrole nitrogens is 1. The third kappa shape index (κ3) is 2.08. The summed E-state index contributed by atoms with van der Waals surface area (Å²) in [4.78, 5) is 6.02. The van der Waals surface area contributed by atoms with Crippen molar-refractivity contribution >= 4 is 50.6 Å². The predicted molar refractivity (Wildman–Crippen MR) is 109 cm³/mol. The second kappa shape index (κ2) is 5.38. The lowest BCUT2D eigenvalue weighted by molar-refractivity contribution is 1.05. The maximum atomic E-state index is 3.62. The number of para-hydroxylation sites is 2. The fourth-order valence-electron chi connectivity index (χ4n) is 3.61.